The second-order valence-corrected chi connectivity index (χ2v) is 5.92. The van der Waals surface area contributed by atoms with Gasteiger partial charge in [-0.25, -0.2) is 4.98 Å². The van der Waals surface area contributed by atoms with Crippen molar-refractivity contribution in [2.24, 2.45) is 0 Å². The molecule has 0 N–H and O–H groups in total. The molecule has 1 nitrogen and oxygen atoms in total. The summed E-state index contributed by atoms with van der Waals surface area (Å²) in [6.45, 7) is 0. The van der Waals surface area contributed by atoms with Gasteiger partial charge < -0.3 is 0 Å². The molecule has 14 heavy (non-hydrogen) atoms. The summed E-state index contributed by atoms with van der Waals surface area (Å²) in [7, 11) is 0. The van der Waals surface area contributed by atoms with Gasteiger partial charge in [-0.1, -0.05) is 24.3 Å². The van der Waals surface area contributed by atoms with E-state index in [9.17, 15) is 0 Å². The molecular weight excluding hydrogens is 305 g/mol. The van der Waals surface area contributed by atoms with Gasteiger partial charge in [0.2, 0.25) is 0 Å². The lowest BCUT2D eigenvalue weighted by Gasteiger charge is -1.95. The van der Waals surface area contributed by atoms with E-state index in [-0.39, 0.29) is 0 Å². The fourth-order valence-electron chi connectivity index (χ4n) is 1.58. The summed E-state index contributed by atoms with van der Waals surface area (Å²) >= 11 is 4.01. The predicted molar refractivity (Wildman–Crippen MR) is 69.8 cm³/mol. The highest BCUT2D eigenvalue weighted by molar-refractivity contribution is 14.1. The first-order valence-corrected chi connectivity index (χ1v) is 6.17. The number of aromatic nitrogens is 1. The molecule has 0 radical (unpaired) electrons. The van der Waals surface area contributed by atoms with E-state index in [1.807, 2.05) is 0 Å². The molecule has 0 saturated carbocycles. The standard InChI is InChI=1S/C11H6INS/c12-11-13-9-5-7-3-1-2-4-8(7)6-10(9)14-11/h1-6H. The molecule has 2 aromatic carbocycles. The van der Waals surface area contributed by atoms with Gasteiger partial charge in [0.1, 0.15) is 0 Å². The third-order valence-corrected chi connectivity index (χ3v) is 3.94. The molecule has 1 aromatic heterocycles. The number of nitrogens with zero attached hydrogens (tertiary/aromatic N) is 1. The van der Waals surface area contributed by atoms with Crippen molar-refractivity contribution in [2.45, 2.75) is 0 Å². The second-order valence-electron chi connectivity index (χ2n) is 3.13. The average molecular weight is 311 g/mol. The normalized spacial score (nSPS) is 11.2. The van der Waals surface area contributed by atoms with Gasteiger partial charge in [-0.15, -0.1) is 11.3 Å². The van der Waals surface area contributed by atoms with Crippen molar-refractivity contribution in [1.29, 1.82) is 0 Å². The molecule has 0 unspecified atom stereocenters. The predicted octanol–water partition coefficient (Wildman–Crippen LogP) is 4.05. The van der Waals surface area contributed by atoms with Crippen molar-refractivity contribution in [3.05, 3.63) is 39.4 Å². The highest BCUT2D eigenvalue weighted by Gasteiger charge is 2.02. The molecule has 0 atom stereocenters. The summed E-state index contributed by atoms with van der Waals surface area (Å²) in [5.74, 6) is 0. The first kappa shape index (κ1) is 8.61. The van der Waals surface area contributed by atoms with Crippen LogP contribution in [0.4, 0.5) is 0 Å². The highest BCUT2D eigenvalue weighted by atomic mass is 127. The number of benzene rings is 2. The van der Waals surface area contributed by atoms with Crippen LogP contribution in [-0.2, 0) is 0 Å². The molecule has 68 valence electrons. The maximum Gasteiger partial charge on any atom is 0.155 e. The maximum absolute atomic E-state index is 4.47. The van der Waals surface area contributed by atoms with E-state index in [0.717, 1.165) is 8.53 Å². The van der Waals surface area contributed by atoms with Crippen molar-refractivity contribution in [3.8, 4) is 0 Å². The zero-order valence-electron chi connectivity index (χ0n) is 7.20. The third-order valence-electron chi connectivity index (χ3n) is 2.23. The maximum atomic E-state index is 4.47. The summed E-state index contributed by atoms with van der Waals surface area (Å²) in [6, 6.07) is 12.8. The van der Waals surface area contributed by atoms with Gasteiger partial charge in [0, 0.05) is 0 Å². The lowest BCUT2D eigenvalue weighted by molar-refractivity contribution is 1.45. The lowest BCUT2D eigenvalue weighted by Crippen LogP contribution is -1.72. The quantitative estimate of drug-likeness (QED) is 0.571. The average Bonchev–Trinajstić information content (AvgIpc) is 2.53. The minimum atomic E-state index is 1.10. The summed E-state index contributed by atoms with van der Waals surface area (Å²) in [4.78, 5) is 4.47. The Hall–Kier alpha value is -0.680. The van der Waals surface area contributed by atoms with Crippen LogP contribution in [0.1, 0.15) is 0 Å². The van der Waals surface area contributed by atoms with Crippen molar-refractivity contribution < 1.29 is 0 Å². The van der Waals surface area contributed by atoms with Crippen LogP contribution >= 0.6 is 33.9 Å². The van der Waals surface area contributed by atoms with Crippen LogP contribution in [0.5, 0.6) is 0 Å². The van der Waals surface area contributed by atoms with Crippen LogP contribution in [0.2, 0.25) is 0 Å². The van der Waals surface area contributed by atoms with E-state index in [1.54, 1.807) is 11.3 Å². The topological polar surface area (TPSA) is 12.9 Å². The minimum Gasteiger partial charge on any atom is -0.230 e. The molecule has 3 heteroatoms. The van der Waals surface area contributed by atoms with Crippen LogP contribution in [0.25, 0.3) is 21.0 Å². The summed E-state index contributed by atoms with van der Waals surface area (Å²) in [5, 5.41) is 2.56. The molecule has 1 heterocycles. The number of hydrogen-bond acceptors (Lipinski definition) is 2. The molecule has 0 spiro atoms. The molecular formula is C11H6INS. The summed E-state index contributed by atoms with van der Waals surface area (Å²) in [6.07, 6.45) is 0. The smallest absolute Gasteiger partial charge is 0.155 e. The first-order valence-electron chi connectivity index (χ1n) is 4.28. The van der Waals surface area contributed by atoms with Gasteiger partial charge in [0.15, 0.2) is 3.01 Å². The summed E-state index contributed by atoms with van der Waals surface area (Å²) < 4.78 is 2.38. The number of halogens is 1. The van der Waals surface area contributed by atoms with Crippen molar-refractivity contribution in [3.63, 3.8) is 0 Å². The fourth-order valence-corrected chi connectivity index (χ4v) is 3.28. The molecule has 0 fully saturated rings. The molecule has 0 saturated heterocycles. The van der Waals surface area contributed by atoms with E-state index in [2.05, 4.69) is 64.0 Å². The monoisotopic (exact) mass is 311 g/mol. The van der Waals surface area contributed by atoms with Gasteiger partial charge in [-0.2, -0.15) is 0 Å². The number of thiazole rings is 1. The van der Waals surface area contributed by atoms with Crippen LogP contribution in [0, 0.1) is 3.01 Å². The fraction of sp³-hybridized carbons (Fsp3) is 0. The molecule has 0 aliphatic carbocycles. The van der Waals surface area contributed by atoms with E-state index >= 15 is 0 Å². The zero-order valence-corrected chi connectivity index (χ0v) is 10.2. The van der Waals surface area contributed by atoms with Gasteiger partial charge in [0.05, 0.1) is 10.2 Å². The van der Waals surface area contributed by atoms with Gasteiger partial charge in [-0.05, 0) is 45.5 Å². The zero-order chi connectivity index (χ0) is 9.54. The van der Waals surface area contributed by atoms with Gasteiger partial charge >= 0.3 is 0 Å². The Balaban J connectivity index is 2.51. The first-order chi connectivity index (χ1) is 6.83. The van der Waals surface area contributed by atoms with Crippen LogP contribution in [-0.4, -0.2) is 4.98 Å². The SMILES string of the molecule is Ic1nc2cc3ccccc3cc2s1. The van der Waals surface area contributed by atoms with E-state index < -0.39 is 0 Å². The van der Waals surface area contributed by atoms with Crippen molar-refractivity contribution >= 4 is 54.9 Å². The molecule has 3 rings (SSSR count). The third kappa shape index (κ3) is 1.31. The van der Waals surface area contributed by atoms with Crippen LogP contribution in [0.15, 0.2) is 36.4 Å². The van der Waals surface area contributed by atoms with Gasteiger partial charge in [0.25, 0.3) is 0 Å². The second kappa shape index (κ2) is 3.17. The minimum absolute atomic E-state index is 1.10. The Labute approximate surface area is 98.9 Å². The Morgan fingerprint density at radius 2 is 1.79 bits per heavy atom. The molecule has 0 aliphatic rings. The Bertz CT molecular complexity index is 562. The molecule has 3 aromatic rings. The highest BCUT2D eigenvalue weighted by Crippen LogP contribution is 2.27. The van der Waals surface area contributed by atoms with Crippen LogP contribution < -0.4 is 0 Å². The molecule has 0 bridgehead atoms. The molecule has 0 amide bonds. The van der Waals surface area contributed by atoms with Crippen LogP contribution in [0.3, 0.4) is 0 Å². The van der Waals surface area contributed by atoms with Crippen molar-refractivity contribution in [2.75, 3.05) is 0 Å². The van der Waals surface area contributed by atoms with E-state index in [4.69, 9.17) is 0 Å². The number of fused-ring (bicyclic) bond motifs is 2. The summed E-state index contributed by atoms with van der Waals surface area (Å²) in [5.41, 5.74) is 1.11. The largest absolute Gasteiger partial charge is 0.230 e. The number of hydrogen-bond donors (Lipinski definition) is 0. The van der Waals surface area contributed by atoms with Gasteiger partial charge in [-0.3, -0.25) is 0 Å². The molecule has 0 aliphatic heterocycles. The van der Waals surface area contributed by atoms with Crippen molar-refractivity contribution in [1.82, 2.24) is 4.98 Å². The number of rotatable bonds is 0. The Morgan fingerprint density at radius 3 is 2.57 bits per heavy atom. The van der Waals surface area contributed by atoms with E-state index in [1.165, 1.54) is 15.5 Å². The van der Waals surface area contributed by atoms with E-state index in [0.29, 0.717) is 0 Å². The Morgan fingerprint density at radius 1 is 1.07 bits per heavy atom. The lowest BCUT2D eigenvalue weighted by atomic mass is 10.1. The Kier molecular flexibility index (Phi) is 1.95.